The molecule has 0 aliphatic carbocycles. The van der Waals surface area contributed by atoms with E-state index in [4.69, 9.17) is 22.0 Å². The number of thioether (sulfide) groups is 1. The number of hydrogen-bond donors (Lipinski definition) is 6. The third kappa shape index (κ3) is 7.27. The molecule has 0 spiro atoms. The fraction of sp³-hybridized carbons (Fsp3) is 0.346. The van der Waals surface area contributed by atoms with Crippen molar-refractivity contribution < 1.29 is 43.6 Å². The maximum Gasteiger partial charge on any atom is 0.352 e. The maximum atomic E-state index is 13.3. The van der Waals surface area contributed by atoms with Crippen molar-refractivity contribution in [2.75, 3.05) is 29.1 Å². The van der Waals surface area contributed by atoms with E-state index in [-0.39, 0.29) is 59.0 Å². The molecule has 17 nitrogen and oxygen atoms in total. The van der Waals surface area contributed by atoms with E-state index in [1.54, 1.807) is 22.9 Å². The van der Waals surface area contributed by atoms with Gasteiger partial charge in [-0.15, -0.1) is 23.1 Å². The molecule has 2 aromatic heterocycles. The van der Waals surface area contributed by atoms with Gasteiger partial charge in [-0.1, -0.05) is 11.2 Å². The first kappa shape index (κ1) is 33.0. The summed E-state index contributed by atoms with van der Waals surface area (Å²) in [7, 11) is 0. The van der Waals surface area contributed by atoms with Gasteiger partial charge in [0.05, 0.1) is 17.8 Å². The SMILES string of the molecule is CC(C)(O/N=C(\C(=O)C[C@@H]1C(=O)N2C(C(=O)O)=C(/C=C/C[n+]3cnc(N)c(NC(=O)CN)c3)CSC12)c1csc(N)n1)C(=O)O. The number of oxime groups is 1. The number of β-lactam (4-membered cyclic amide) rings is 1. The predicted octanol–water partition coefficient (Wildman–Crippen LogP) is -0.443. The highest BCUT2D eigenvalue weighted by molar-refractivity contribution is 8.00. The molecule has 1 unspecified atom stereocenters. The molecule has 2 amide bonds. The number of Topliss-reactive ketones (excluding diaryl/α,β-unsaturated/α-hetero) is 1. The van der Waals surface area contributed by atoms with Crippen LogP contribution in [0, 0.1) is 5.92 Å². The summed E-state index contributed by atoms with van der Waals surface area (Å²) in [5.74, 6) is -4.83. The summed E-state index contributed by atoms with van der Waals surface area (Å²) >= 11 is 2.33. The molecule has 4 rings (SSSR count). The van der Waals surface area contributed by atoms with Crippen LogP contribution in [-0.4, -0.2) is 83.6 Å². The number of rotatable bonds is 13. The van der Waals surface area contributed by atoms with Crippen LogP contribution in [0.15, 0.2) is 46.5 Å². The smallest absolute Gasteiger partial charge is 0.352 e. The molecule has 1 fully saturated rings. The largest absolute Gasteiger partial charge is 0.478 e. The molecular formula is C26H30N9O8S2+. The Bertz CT molecular complexity index is 1650. The average molecular weight is 661 g/mol. The number of fused-ring (bicyclic) bond motifs is 1. The number of carboxylic acid groups (broad SMARTS) is 2. The number of ketones is 1. The van der Waals surface area contributed by atoms with Crippen molar-refractivity contribution in [3.63, 3.8) is 0 Å². The van der Waals surface area contributed by atoms with Crippen LogP contribution in [-0.2, 0) is 35.4 Å². The van der Waals surface area contributed by atoms with E-state index in [0.29, 0.717) is 5.57 Å². The molecule has 0 aromatic carbocycles. The Labute approximate surface area is 263 Å². The van der Waals surface area contributed by atoms with Gasteiger partial charge in [0.1, 0.15) is 24.1 Å². The molecule has 1 saturated heterocycles. The second-order valence-electron chi connectivity index (χ2n) is 10.3. The molecule has 9 N–H and O–H groups in total. The van der Waals surface area contributed by atoms with Crippen LogP contribution in [0.2, 0.25) is 0 Å². The predicted molar refractivity (Wildman–Crippen MR) is 162 cm³/mol. The highest BCUT2D eigenvalue weighted by atomic mass is 32.2. The van der Waals surface area contributed by atoms with E-state index in [1.807, 2.05) is 0 Å². The molecule has 45 heavy (non-hydrogen) atoms. The van der Waals surface area contributed by atoms with E-state index in [0.717, 1.165) is 16.2 Å². The van der Waals surface area contributed by atoms with Gasteiger partial charge in [0.15, 0.2) is 22.3 Å². The summed E-state index contributed by atoms with van der Waals surface area (Å²) in [6, 6.07) is 0. The van der Waals surface area contributed by atoms with E-state index >= 15 is 0 Å². The topological polar surface area (TPSA) is 270 Å². The Balaban J connectivity index is 1.50. The Hall–Kier alpha value is -4.88. The number of carbonyl (C=O) groups is 5. The van der Waals surface area contributed by atoms with Gasteiger partial charge in [-0.2, -0.15) is 0 Å². The van der Waals surface area contributed by atoms with E-state index in [2.05, 4.69) is 20.4 Å². The van der Waals surface area contributed by atoms with Crippen molar-refractivity contribution in [1.82, 2.24) is 14.9 Å². The molecule has 2 aliphatic heterocycles. The number of nitrogens with two attached hydrogens (primary N) is 3. The zero-order valence-electron chi connectivity index (χ0n) is 24.0. The van der Waals surface area contributed by atoms with Crippen molar-refractivity contribution in [2.24, 2.45) is 16.8 Å². The highest BCUT2D eigenvalue weighted by Crippen LogP contribution is 2.45. The molecule has 238 valence electrons. The zero-order chi connectivity index (χ0) is 33.1. The molecule has 19 heteroatoms. The van der Waals surface area contributed by atoms with Crippen LogP contribution in [0.4, 0.5) is 16.6 Å². The number of amides is 2. The fourth-order valence-electron chi connectivity index (χ4n) is 4.22. The first-order valence-corrected chi connectivity index (χ1v) is 15.1. The summed E-state index contributed by atoms with van der Waals surface area (Å²) in [4.78, 5) is 76.2. The summed E-state index contributed by atoms with van der Waals surface area (Å²) in [6.45, 7) is 2.50. The molecule has 2 aromatic rings. The Kier molecular flexibility index (Phi) is 9.84. The van der Waals surface area contributed by atoms with Crippen molar-refractivity contribution >= 4 is 75.0 Å². The van der Waals surface area contributed by atoms with Gasteiger partial charge in [0.25, 0.3) is 12.1 Å². The van der Waals surface area contributed by atoms with Crippen molar-refractivity contribution in [2.45, 2.75) is 37.8 Å². The van der Waals surface area contributed by atoms with Crippen LogP contribution in [0.25, 0.3) is 0 Å². The number of carbonyl (C=O) groups excluding carboxylic acids is 3. The van der Waals surface area contributed by atoms with Gasteiger partial charge in [0, 0.05) is 17.6 Å². The minimum atomic E-state index is -1.76. The average Bonchev–Trinajstić information content (AvgIpc) is 3.42. The minimum Gasteiger partial charge on any atom is -0.478 e. The molecule has 4 heterocycles. The Morgan fingerprint density at radius 1 is 1.29 bits per heavy atom. The van der Waals surface area contributed by atoms with Gasteiger partial charge in [-0.05, 0) is 30.5 Å². The molecule has 0 saturated carbocycles. The summed E-state index contributed by atoms with van der Waals surface area (Å²) in [6.07, 6.45) is 5.88. The Morgan fingerprint density at radius 3 is 2.64 bits per heavy atom. The second-order valence-corrected chi connectivity index (χ2v) is 12.3. The minimum absolute atomic E-state index is 0.0604. The maximum absolute atomic E-state index is 13.3. The lowest BCUT2D eigenvalue weighted by atomic mass is 9.89. The number of anilines is 3. The summed E-state index contributed by atoms with van der Waals surface area (Å²) < 4.78 is 1.60. The molecule has 0 radical (unpaired) electrons. The molecular weight excluding hydrogens is 630 g/mol. The number of thiazole rings is 1. The summed E-state index contributed by atoms with van der Waals surface area (Å²) in [5, 5.41) is 26.6. The van der Waals surface area contributed by atoms with Crippen molar-refractivity contribution in [1.29, 1.82) is 0 Å². The lowest BCUT2D eigenvalue weighted by molar-refractivity contribution is -0.689. The van der Waals surface area contributed by atoms with Gasteiger partial charge in [-0.3, -0.25) is 19.3 Å². The van der Waals surface area contributed by atoms with E-state index < -0.39 is 46.4 Å². The van der Waals surface area contributed by atoms with Crippen molar-refractivity contribution in [3.05, 3.63) is 47.0 Å². The fourth-order valence-corrected chi connectivity index (χ4v) is 6.16. The quantitative estimate of drug-likeness (QED) is 0.0688. The molecule has 0 bridgehead atoms. The van der Waals surface area contributed by atoms with Gasteiger partial charge in [-0.25, -0.2) is 19.1 Å². The number of nitrogen functional groups attached to an aromatic ring is 2. The zero-order valence-corrected chi connectivity index (χ0v) is 25.6. The Morgan fingerprint density at radius 2 is 2.02 bits per heavy atom. The van der Waals surface area contributed by atoms with E-state index in [1.165, 1.54) is 37.3 Å². The number of aliphatic carboxylic acids is 2. The molecule has 2 atom stereocenters. The number of allylic oxidation sites excluding steroid dienone is 2. The van der Waals surface area contributed by atoms with Crippen LogP contribution in [0.5, 0.6) is 0 Å². The lowest BCUT2D eigenvalue weighted by Crippen LogP contribution is -2.62. The standard InChI is InChI=1S/C26H29N9O8S2/c1-26(2,24(41)42)43-33-18(15-10-45-25(29)32-15)16(36)6-13-21(38)35-19(23(39)40)12(9-44-22(13)35)4-3-5-34-8-14(20(28)30-11-34)31-17(37)7-27/h3-4,8,10-11,13,22,28H,5-7,9,27H2,1-2H3,(H5,29,31,32,37,39,40,41,42)/p+1/b4-3+,33-18-/t13-,22?/m1/s1. The third-order valence-electron chi connectivity index (χ3n) is 6.64. The molecule has 2 aliphatic rings. The van der Waals surface area contributed by atoms with Gasteiger partial charge >= 0.3 is 11.9 Å². The normalized spacial score (nSPS) is 18.4. The number of hydrogen-bond acceptors (Lipinski definition) is 14. The van der Waals surface area contributed by atoms with Crippen LogP contribution < -0.4 is 27.1 Å². The first-order valence-electron chi connectivity index (χ1n) is 13.2. The summed E-state index contributed by atoms with van der Waals surface area (Å²) in [5.41, 5.74) is 15.3. The van der Waals surface area contributed by atoms with Crippen LogP contribution in [0.3, 0.4) is 0 Å². The highest BCUT2D eigenvalue weighted by Gasteiger charge is 2.54. The first-order chi connectivity index (χ1) is 21.2. The van der Waals surface area contributed by atoms with Crippen LogP contribution >= 0.6 is 23.1 Å². The van der Waals surface area contributed by atoms with E-state index in [9.17, 15) is 34.2 Å². The van der Waals surface area contributed by atoms with Gasteiger partial charge < -0.3 is 37.6 Å². The van der Waals surface area contributed by atoms with Crippen molar-refractivity contribution in [3.8, 4) is 0 Å². The number of nitrogens with one attached hydrogen (secondary N) is 1. The lowest BCUT2D eigenvalue weighted by Gasteiger charge is -2.49. The second kappa shape index (κ2) is 13.4. The monoisotopic (exact) mass is 660 g/mol. The van der Waals surface area contributed by atoms with Gasteiger partial charge in [0.2, 0.25) is 17.4 Å². The number of carboxylic acids is 2. The van der Waals surface area contributed by atoms with Crippen LogP contribution in [0.1, 0.15) is 26.0 Å². The third-order valence-corrected chi connectivity index (χ3v) is 8.67. The number of nitrogens with zero attached hydrogens (tertiary/aromatic N) is 5. The number of aromatic nitrogens is 3.